The Morgan fingerprint density at radius 2 is 2.16 bits per heavy atom. The van der Waals surface area contributed by atoms with Gasteiger partial charge in [0.15, 0.2) is 0 Å². The molecule has 0 amide bonds. The summed E-state index contributed by atoms with van der Waals surface area (Å²) >= 11 is 0. The van der Waals surface area contributed by atoms with Crippen molar-refractivity contribution < 1.29 is 9.90 Å². The lowest BCUT2D eigenvalue weighted by Crippen LogP contribution is -2.40. The summed E-state index contributed by atoms with van der Waals surface area (Å²) in [5.41, 5.74) is 0.917. The van der Waals surface area contributed by atoms with Gasteiger partial charge in [0.25, 0.3) is 0 Å². The first-order chi connectivity index (χ1) is 8.95. The van der Waals surface area contributed by atoms with Crippen molar-refractivity contribution in [2.24, 2.45) is 0 Å². The molecule has 0 radical (unpaired) electrons. The summed E-state index contributed by atoms with van der Waals surface area (Å²) in [6, 6.07) is 3.62. The van der Waals surface area contributed by atoms with Gasteiger partial charge in [-0.3, -0.25) is 9.88 Å². The van der Waals surface area contributed by atoms with Gasteiger partial charge in [0.1, 0.15) is 0 Å². The fourth-order valence-electron chi connectivity index (χ4n) is 2.17. The predicted molar refractivity (Wildman–Crippen MR) is 75.3 cm³/mol. The summed E-state index contributed by atoms with van der Waals surface area (Å²) in [4.78, 5) is 19.7. The molecule has 0 fully saturated rings. The number of hydrogen-bond acceptors (Lipinski definition) is 4. The van der Waals surface area contributed by atoms with E-state index in [4.69, 9.17) is 5.11 Å². The van der Waals surface area contributed by atoms with Gasteiger partial charge in [0.2, 0.25) is 0 Å². The average molecular weight is 265 g/mol. The topological polar surface area (TPSA) is 56.7 Å². The zero-order chi connectivity index (χ0) is 14.4. The molecule has 1 aromatic rings. The van der Waals surface area contributed by atoms with Crippen LogP contribution < -0.4 is 0 Å². The number of carbonyl (C=O) groups is 1. The summed E-state index contributed by atoms with van der Waals surface area (Å²) < 4.78 is 0. The largest absolute Gasteiger partial charge is 0.478 e. The lowest BCUT2D eigenvalue weighted by atomic mass is 10.1. The minimum atomic E-state index is -0.917. The van der Waals surface area contributed by atoms with Crippen LogP contribution in [0.25, 0.3) is 0 Å². The van der Waals surface area contributed by atoms with Crippen LogP contribution in [0, 0.1) is 0 Å². The molecule has 1 N–H and O–H groups in total. The summed E-state index contributed by atoms with van der Waals surface area (Å²) in [5, 5.41) is 9.17. The Bertz CT molecular complexity index is 421. The number of carboxylic acid groups (broad SMARTS) is 1. The van der Waals surface area contributed by atoms with Crippen molar-refractivity contribution in [3.8, 4) is 0 Å². The Hall–Kier alpha value is -1.46. The van der Waals surface area contributed by atoms with Gasteiger partial charge >= 0.3 is 5.97 Å². The van der Waals surface area contributed by atoms with Crippen molar-refractivity contribution in [2.75, 3.05) is 27.2 Å². The van der Waals surface area contributed by atoms with Crippen LogP contribution in [0.4, 0.5) is 0 Å². The van der Waals surface area contributed by atoms with E-state index in [1.165, 1.54) is 0 Å². The van der Waals surface area contributed by atoms with Gasteiger partial charge in [-0.15, -0.1) is 0 Å². The highest BCUT2D eigenvalue weighted by atomic mass is 16.4. The molecule has 1 unspecified atom stereocenters. The standard InChI is InChI=1S/C14H23N3O2/c1-5-17(11(2)9-16(3)4)10-13-12(14(18)19)7-6-8-15-13/h6-8,11H,5,9-10H2,1-4H3,(H,18,19). The van der Waals surface area contributed by atoms with Gasteiger partial charge in [-0.1, -0.05) is 6.92 Å². The monoisotopic (exact) mass is 265 g/mol. The number of carboxylic acids is 1. The highest BCUT2D eigenvalue weighted by Gasteiger charge is 2.17. The zero-order valence-corrected chi connectivity index (χ0v) is 12.1. The Morgan fingerprint density at radius 1 is 1.47 bits per heavy atom. The number of pyridine rings is 1. The summed E-state index contributed by atoms with van der Waals surface area (Å²) in [5.74, 6) is -0.917. The van der Waals surface area contributed by atoms with Crippen LogP contribution in [-0.2, 0) is 6.54 Å². The minimum Gasteiger partial charge on any atom is -0.478 e. The van der Waals surface area contributed by atoms with Crippen molar-refractivity contribution in [1.82, 2.24) is 14.8 Å². The van der Waals surface area contributed by atoms with Crippen molar-refractivity contribution in [2.45, 2.75) is 26.4 Å². The van der Waals surface area contributed by atoms with E-state index in [9.17, 15) is 4.79 Å². The quantitative estimate of drug-likeness (QED) is 0.810. The Morgan fingerprint density at radius 3 is 2.68 bits per heavy atom. The Labute approximate surface area is 114 Å². The summed E-state index contributed by atoms with van der Waals surface area (Å²) in [7, 11) is 4.07. The fourth-order valence-corrected chi connectivity index (χ4v) is 2.17. The van der Waals surface area contributed by atoms with E-state index in [1.807, 2.05) is 14.1 Å². The van der Waals surface area contributed by atoms with Crippen molar-refractivity contribution in [3.63, 3.8) is 0 Å². The van der Waals surface area contributed by atoms with Gasteiger partial charge in [0, 0.05) is 25.3 Å². The Balaban J connectivity index is 2.84. The van der Waals surface area contributed by atoms with Gasteiger partial charge < -0.3 is 10.0 Å². The molecule has 1 rings (SSSR count). The van der Waals surface area contributed by atoms with Crippen LogP contribution in [0.15, 0.2) is 18.3 Å². The number of nitrogens with zero attached hydrogens (tertiary/aromatic N) is 3. The molecule has 0 aromatic carbocycles. The normalized spacial score (nSPS) is 12.9. The van der Waals surface area contributed by atoms with Gasteiger partial charge in [-0.25, -0.2) is 4.79 Å². The van der Waals surface area contributed by atoms with Gasteiger partial charge in [-0.05, 0) is 39.7 Å². The van der Waals surface area contributed by atoms with Crippen LogP contribution in [0.5, 0.6) is 0 Å². The molecule has 1 heterocycles. The van der Waals surface area contributed by atoms with Crippen LogP contribution >= 0.6 is 0 Å². The smallest absolute Gasteiger partial charge is 0.337 e. The Kier molecular flexibility index (Phi) is 5.92. The number of likely N-dealkylation sites (N-methyl/N-ethyl adjacent to an activating group) is 2. The lowest BCUT2D eigenvalue weighted by Gasteiger charge is -2.29. The maximum atomic E-state index is 11.2. The molecule has 0 bridgehead atoms. The van der Waals surface area contributed by atoms with E-state index in [-0.39, 0.29) is 5.56 Å². The van der Waals surface area contributed by atoms with E-state index < -0.39 is 5.97 Å². The second-order valence-electron chi connectivity index (χ2n) is 4.98. The predicted octanol–water partition coefficient (Wildman–Crippen LogP) is 1.55. The summed E-state index contributed by atoms with van der Waals surface area (Å²) in [6.45, 7) is 6.59. The average Bonchev–Trinajstić information content (AvgIpc) is 2.35. The number of hydrogen-bond donors (Lipinski definition) is 1. The molecule has 106 valence electrons. The van der Waals surface area contributed by atoms with E-state index in [1.54, 1.807) is 18.3 Å². The second kappa shape index (κ2) is 7.21. The highest BCUT2D eigenvalue weighted by Crippen LogP contribution is 2.11. The minimum absolute atomic E-state index is 0.290. The first-order valence-electron chi connectivity index (χ1n) is 6.51. The number of rotatable bonds is 7. The molecule has 5 nitrogen and oxygen atoms in total. The van der Waals surface area contributed by atoms with E-state index in [0.717, 1.165) is 13.1 Å². The fraction of sp³-hybridized carbons (Fsp3) is 0.571. The molecular weight excluding hydrogens is 242 g/mol. The lowest BCUT2D eigenvalue weighted by molar-refractivity contribution is 0.0692. The van der Waals surface area contributed by atoms with Gasteiger partial charge in [0.05, 0.1) is 11.3 Å². The molecule has 0 saturated carbocycles. The molecule has 0 saturated heterocycles. The molecule has 0 spiro atoms. The van der Waals surface area contributed by atoms with Crippen molar-refractivity contribution >= 4 is 5.97 Å². The number of aromatic carboxylic acids is 1. The van der Waals surface area contributed by atoms with E-state index >= 15 is 0 Å². The maximum Gasteiger partial charge on any atom is 0.337 e. The maximum absolute atomic E-state index is 11.2. The SMILES string of the molecule is CCN(Cc1ncccc1C(=O)O)C(C)CN(C)C. The highest BCUT2D eigenvalue weighted by molar-refractivity contribution is 5.88. The molecule has 19 heavy (non-hydrogen) atoms. The molecular formula is C14H23N3O2. The first-order valence-corrected chi connectivity index (χ1v) is 6.51. The van der Waals surface area contributed by atoms with Crippen molar-refractivity contribution in [1.29, 1.82) is 0 Å². The number of aromatic nitrogens is 1. The van der Waals surface area contributed by atoms with E-state index in [2.05, 4.69) is 28.6 Å². The molecule has 0 aliphatic rings. The van der Waals surface area contributed by atoms with Crippen LogP contribution in [0.2, 0.25) is 0 Å². The zero-order valence-electron chi connectivity index (χ0n) is 12.1. The van der Waals surface area contributed by atoms with Crippen LogP contribution in [0.3, 0.4) is 0 Å². The van der Waals surface area contributed by atoms with Crippen molar-refractivity contribution in [3.05, 3.63) is 29.6 Å². The second-order valence-corrected chi connectivity index (χ2v) is 4.98. The molecule has 1 aromatic heterocycles. The third-order valence-electron chi connectivity index (χ3n) is 3.13. The van der Waals surface area contributed by atoms with Crippen LogP contribution in [0.1, 0.15) is 29.9 Å². The van der Waals surface area contributed by atoms with Gasteiger partial charge in [-0.2, -0.15) is 0 Å². The molecule has 5 heteroatoms. The third-order valence-corrected chi connectivity index (χ3v) is 3.13. The molecule has 0 aliphatic carbocycles. The first kappa shape index (κ1) is 15.6. The van der Waals surface area contributed by atoms with E-state index in [0.29, 0.717) is 18.3 Å². The third kappa shape index (κ3) is 4.61. The molecule has 1 atom stereocenters. The summed E-state index contributed by atoms with van der Waals surface area (Å²) in [6.07, 6.45) is 1.65. The van der Waals surface area contributed by atoms with Crippen LogP contribution in [-0.4, -0.2) is 59.1 Å². The molecule has 0 aliphatic heterocycles.